The predicted octanol–water partition coefficient (Wildman–Crippen LogP) is 3.16. The summed E-state index contributed by atoms with van der Waals surface area (Å²) in [5.41, 5.74) is 5.50. The number of carbonyl (C=O) groups excluding carboxylic acids is 2. The predicted molar refractivity (Wildman–Crippen MR) is 112 cm³/mol. The maximum Gasteiger partial charge on any atom is 0.269 e. The molecular weight excluding hydrogens is 439 g/mol. The van der Waals surface area contributed by atoms with Gasteiger partial charge in [0.15, 0.2) is 9.84 Å². The summed E-state index contributed by atoms with van der Waals surface area (Å²) >= 11 is 11.8. The fourth-order valence-corrected chi connectivity index (χ4v) is 3.58. The number of hydrazine groups is 1. The van der Waals surface area contributed by atoms with Crippen LogP contribution < -0.4 is 15.6 Å². The average molecular weight is 459 g/mol. The first kappa shape index (κ1) is 23.0. The number of rotatable bonds is 8. The quantitative estimate of drug-likeness (QED) is 0.467. The summed E-state index contributed by atoms with van der Waals surface area (Å²) in [5.74, 6) is -0.509. The Morgan fingerprint density at radius 2 is 1.72 bits per heavy atom. The number of benzene rings is 2. The first-order valence-electron chi connectivity index (χ1n) is 8.58. The zero-order valence-electron chi connectivity index (χ0n) is 15.6. The molecule has 10 heteroatoms. The van der Waals surface area contributed by atoms with E-state index in [4.69, 9.17) is 27.9 Å². The smallest absolute Gasteiger partial charge is 0.269 e. The van der Waals surface area contributed by atoms with Crippen molar-refractivity contribution in [2.75, 3.05) is 12.9 Å². The van der Waals surface area contributed by atoms with E-state index >= 15 is 0 Å². The summed E-state index contributed by atoms with van der Waals surface area (Å²) < 4.78 is 28.0. The van der Waals surface area contributed by atoms with Gasteiger partial charge in [-0.05, 0) is 42.3 Å². The second-order valence-electron chi connectivity index (χ2n) is 6.30. The maximum absolute atomic E-state index is 12.0. The van der Waals surface area contributed by atoms with Gasteiger partial charge in [0, 0.05) is 23.3 Å². The van der Waals surface area contributed by atoms with Crippen LogP contribution in [0.25, 0.3) is 0 Å². The highest BCUT2D eigenvalue weighted by atomic mass is 35.5. The number of carbonyl (C=O) groups is 2. The molecule has 2 aromatic rings. The van der Waals surface area contributed by atoms with Gasteiger partial charge >= 0.3 is 0 Å². The standard InChI is InChI=1S/C19H20Cl2N2O5S/c1-29(26,27)12-13-4-6-14(7-5-13)19(25)23-22-18(24)3-2-10-28-17-9-8-15(20)11-16(17)21/h4-9,11H,2-3,10,12H2,1H3,(H,22,24)(H,23,25). The second kappa shape index (κ2) is 10.5. The molecule has 0 unspecified atom stereocenters. The van der Waals surface area contributed by atoms with Gasteiger partial charge in [-0.25, -0.2) is 8.42 Å². The molecule has 0 saturated heterocycles. The molecule has 0 aromatic heterocycles. The van der Waals surface area contributed by atoms with Gasteiger partial charge in [0.05, 0.1) is 17.4 Å². The topological polar surface area (TPSA) is 102 Å². The van der Waals surface area contributed by atoms with Crippen LogP contribution >= 0.6 is 23.2 Å². The minimum Gasteiger partial charge on any atom is -0.492 e. The molecule has 156 valence electrons. The Labute approximate surface area is 179 Å². The number of hydrogen-bond acceptors (Lipinski definition) is 5. The second-order valence-corrected chi connectivity index (χ2v) is 9.28. The number of nitrogens with one attached hydrogen (secondary N) is 2. The molecule has 2 amide bonds. The van der Waals surface area contributed by atoms with Gasteiger partial charge in [0.2, 0.25) is 5.91 Å². The maximum atomic E-state index is 12.0. The van der Waals surface area contributed by atoms with Crippen LogP contribution in [0.4, 0.5) is 0 Å². The third kappa shape index (κ3) is 8.31. The van der Waals surface area contributed by atoms with Crippen LogP contribution in [-0.2, 0) is 20.4 Å². The van der Waals surface area contributed by atoms with Gasteiger partial charge in [0.1, 0.15) is 5.75 Å². The first-order chi connectivity index (χ1) is 13.6. The monoisotopic (exact) mass is 458 g/mol. The van der Waals surface area contributed by atoms with Crippen LogP contribution in [0, 0.1) is 0 Å². The van der Waals surface area contributed by atoms with Crippen molar-refractivity contribution in [1.29, 1.82) is 0 Å². The Kier molecular flexibility index (Phi) is 8.31. The molecule has 0 aliphatic carbocycles. The summed E-state index contributed by atoms with van der Waals surface area (Å²) in [7, 11) is -3.15. The number of sulfone groups is 1. The highest BCUT2D eigenvalue weighted by Crippen LogP contribution is 2.27. The Hall–Kier alpha value is -2.29. The van der Waals surface area contributed by atoms with Crippen molar-refractivity contribution >= 4 is 44.9 Å². The van der Waals surface area contributed by atoms with E-state index in [9.17, 15) is 18.0 Å². The summed E-state index contributed by atoms with van der Waals surface area (Å²) in [6, 6.07) is 10.9. The van der Waals surface area contributed by atoms with Crippen molar-refractivity contribution in [1.82, 2.24) is 10.9 Å². The first-order valence-corrected chi connectivity index (χ1v) is 11.4. The van der Waals surface area contributed by atoms with E-state index in [0.29, 0.717) is 33.3 Å². The fourth-order valence-electron chi connectivity index (χ4n) is 2.32. The largest absolute Gasteiger partial charge is 0.492 e. The van der Waals surface area contributed by atoms with Gasteiger partial charge < -0.3 is 4.74 Å². The van der Waals surface area contributed by atoms with Crippen molar-refractivity contribution in [3.05, 3.63) is 63.6 Å². The Balaban J connectivity index is 1.71. The average Bonchev–Trinajstić information content (AvgIpc) is 2.64. The zero-order chi connectivity index (χ0) is 21.4. The fraction of sp³-hybridized carbons (Fsp3) is 0.263. The molecule has 29 heavy (non-hydrogen) atoms. The lowest BCUT2D eigenvalue weighted by atomic mass is 10.1. The van der Waals surface area contributed by atoms with Crippen molar-refractivity contribution < 1.29 is 22.7 Å². The lowest BCUT2D eigenvalue weighted by Gasteiger charge is -2.09. The minimum atomic E-state index is -3.15. The minimum absolute atomic E-state index is 0.102. The van der Waals surface area contributed by atoms with Crippen molar-refractivity contribution in [3.8, 4) is 5.75 Å². The molecule has 0 aliphatic rings. The summed E-state index contributed by atoms with van der Waals surface area (Å²) in [6.07, 6.45) is 1.69. The van der Waals surface area contributed by atoms with E-state index in [-0.39, 0.29) is 24.7 Å². The van der Waals surface area contributed by atoms with E-state index < -0.39 is 15.7 Å². The SMILES string of the molecule is CS(=O)(=O)Cc1ccc(C(=O)NNC(=O)CCCOc2ccc(Cl)cc2Cl)cc1. The van der Waals surface area contributed by atoms with Crippen molar-refractivity contribution in [2.45, 2.75) is 18.6 Å². The van der Waals surface area contributed by atoms with Gasteiger partial charge in [-0.2, -0.15) is 0 Å². The van der Waals surface area contributed by atoms with Gasteiger partial charge in [0.25, 0.3) is 5.91 Å². The summed E-state index contributed by atoms with van der Waals surface area (Å²) in [4.78, 5) is 23.9. The van der Waals surface area contributed by atoms with E-state index in [1.807, 2.05) is 0 Å². The molecule has 0 heterocycles. The van der Waals surface area contributed by atoms with Gasteiger partial charge in [-0.15, -0.1) is 0 Å². The number of ether oxygens (including phenoxy) is 1. The molecule has 7 nitrogen and oxygen atoms in total. The number of amides is 2. The molecule has 0 spiro atoms. The van der Waals surface area contributed by atoms with E-state index in [1.54, 1.807) is 30.3 Å². The molecular formula is C19H20Cl2N2O5S. The molecule has 0 fully saturated rings. The van der Waals surface area contributed by atoms with Crippen molar-refractivity contribution in [2.24, 2.45) is 0 Å². The Morgan fingerprint density at radius 3 is 2.34 bits per heavy atom. The third-order valence-electron chi connectivity index (χ3n) is 3.66. The van der Waals surface area contributed by atoms with Crippen LogP contribution in [0.15, 0.2) is 42.5 Å². The van der Waals surface area contributed by atoms with Crippen LogP contribution in [0.5, 0.6) is 5.75 Å². The molecule has 0 bridgehead atoms. The normalized spacial score (nSPS) is 11.0. The van der Waals surface area contributed by atoms with Crippen LogP contribution in [0.3, 0.4) is 0 Å². The molecule has 0 atom stereocenters. The van der Waals surface area contributed by atoms with E-state index in [1.165, 1.54) is 12.1 Å². The van der Waals surface area contributed by atoms with Gasteiger partial charge in [-0.3, -0.25) is 20.4 Å². The van der Waals surface area contributed by atoms with E-state index in [0.717, 1.165) is 6.26 Å². The molecule has 2 N–H and O–H groups in total. The summed E-state index contributed by atoms with van der Waals surface area (Å²) in [5, 5.41) is 0.888. The lowest BCUT2D eigenvalue weighted by molar-refractivity contribution is -0.122. The highest BCUT2D eigenvalue weighted by molar-refractivity contribution is 7.89. The molecule has 0 saturated carbocycles. The highest BCUT2D eigenvalue weighted by Gasteiger charge is 2.10. The number of hydrogen-bond donors (Lipinski definition) is 2. The van der Waals surface area contributed by atoms with E-state index in [2.05, 4.69) is 10.9 Å². The Bertz CT molecular complexity index is 979. The summed E-state index contributed by atoms with van der Waals surface area (Å²) in [6.45, 7) is 0.268. The van der Waals surface area contributed by atoms with Gasteiger partial charge in [-0.1, -0.05) is 35.3 Å². The van der Waals surface area contributed by atoms with Crippen molar-refractivity contribution in [3.63, 3.8) is 0 Å². The molecule has 0 aliphatic heterocycles. The lowest BCUT2D eigenvalue weighted by Crippen LogP contribution is -2.41. The third-order valence-corrected chi connectivity index (χ3v) is 5.05. The molecule has 0 radical (unpaired) electrons. The van der Waals surface area contributed by atoms with Crippen LogP contribution in [-0.4, -0.2) is 33.1 Å². The van der Waals surface area contributed by atoms with Crippen LogP contribution in [0.1, 0.15) is 28.8 Å². The van der Waals surface area contributed by atoms with Crippen LogP contribution in [0.2, 0.25) is 10.0 Å². The zero-order valence-corrected chi connectivity index (χ0v) is 17.9. The molecule has 2 aromatic carbocycles. The Morgan fingerprint density at radius 1 is 1.03 bits per heavy atom. The number of halogens is 2. The molecule has 2 rings (SSSR count).